The third kappa shape index (κ3) is 2.70. The van der Waals surface area contributed by atoms with E-state index in [9.17, 15) is 49.6 Å². The van der Waals surface area contributed by atoms with Crippen molar-refractivity contribution < 1.29 is 49.0 Å². The van der Waals surface area contributed by atoms with E-state index in [-0.39, 0.29) is 5.57 Å². The summed E-state index contributed by atoms with van der Waals surface area (Å²) in [7, 11) is 1.95. The first-order valence-electron chi connectivity index (χ1n) is 10.3. The molecule has 0 radical (unpaired) electrons. The molecule has 12 nitrogen and oxygen atoms in total. The molecule has 4 aliphatic rings. The fourth-order valence-electron chi connectivity index (χ4n) is 5.76. The summed E-state index contributed by atoms with van der Waals surface area (Å²) in [4.78, 5) is 63.6. The van der Waals surface area contributed by atoms with Crippen molar-refractivity contribution in [3.8, 4) is 0 Å². The van der Waals surface area contributed by atoms with Gasteiger partial charge in [-0.1, -0.05) is 6.92 Å². The SMILES string of the molecule is C[C@H]1C2=C(C(=O)C=CC2=O)C(O)=C2C(=O)[C@]3(O)C(O)=C(C(N)=O)C(=O)[C@@H]([N+](C)(C)[O-])C3[C@@H](O)[C@@H]21. The van der Waals surface area contributed by atoms with Crippen molar-refractivity contribution in [1.29, 1.82) is 0 Å². The predicted octanol–water partition coefficient (Wildman–Crippen LogP) is -1.82. The van der Waals surface area contributed by atoms with Crippen LogP contribution in [0, 0.1) is 23.0 Å². The molecule has 0 heterocycles. The molecule has 6 N–H and O–H groups in total. The third-order valence-corrected chi connectivity index (χ3v) is 7.16. The smallest absolute Gasteiger partial charge is 0.256 e. The molecule has 0 aromatic rings. The second-order valence-corrected chi connectivity index (χ2v) is 9.37. The number of nitrogens with two attached hydrogens (primary N) is 1. The molecule has 4 aliphatic carbocycles. The average molecular weight is 474 g/mol. The molecule has 1 amide bonds. The lowest BCUT2D eigenvalue weighted by atomic mass is 9.53. The van der Waals surface area contributed by atoms with Crippen LogP contribution in [-0.4, -0.2) is 86.0 Å². The van der Waals surface area contributed by atoms with Crippen LogP contribution in [0.4, 0.5) is 0 Å². The van der Waals surface area contributed by atoms with Crippen molar-refractivity contribution in [2.75, 3.05) is 14.1 Å². The van der Waals surface area contributed by atoms with E-state index in [1.54, 1.807) is 0 Å². The zero-order valence-corrected chi connectivity index (χ0v) is 18.3. The highest BCUT2D eigenvalue weighted by Crippen LogP contribution is 2.54. The fraction of sp³-hybridized carbons (Fsp3) is 0.409. The molecule has 0 aromatic carbocycles. The highest BCUT2D eigenvalue weighted by Gasteiger charge is 2.70. The number of quaternary nitrogens is 1. The lowest BCUT2D eigenvalue weighted by molar-refractivity contribution is -0.862. The summed E-state index contributed by atoms with van der Waals surface area (Å²) in [6.45, 7) is 1.40. The minimum atomic E-state index is -3.20. The normalized spacial score (nSPS) is 36.0. The molecule has 1 saturated carbocycles. The van der Waals surface area contributed by atoms with Gasteiger partial charge >= 0.3 is 0 Å². The number of nitrogens with zero attached hydrogens (tertiary/aromatic N) is 1. The number of likely N-dealkylation sites (N-methyl/N-ethyl adjacent to an activating group) is 1. The Labute approximate surface area is 192 Å². The molecule has 1 unspecified atom stereocenters. The minimum absolute atomic E-state index is 0.178. The highest BCUT2D eigenvalue weighted by atomic mass is 16.5. The maximum absolute atomic E-state index is 13.7. The van der Waals surface area contributed by atoms with Gasteiger partial charge in [0.1, 0.15) is 17.1 Å². The van der Waals surface area contributed by atoms with Crippen LogP contribution in [-0.2, 0) is 24.0 Å². The van der Waals surface area contributed by atoms with Crippen LogP contribution in [0.5, 0.6) is 0 Å². The summed E-state index contributed by atoms with van der Waals surface area (Å²) in [6.07, 6.45) is -0.0852. The number of primary amides is 1. The van der Waals surface area contributed by atoms with E-state index in [2.05, 4.69) is 0 Å². The van der Waals surface area contributed by atoms with Gasteiger partial charge in [-0.25, -0.2) is 0 Å². The molecule has 0 saturated heterocycles. The number of allylic oxidation sites excluding steroid dienone is 4. The number of aliphatic hydroxyl groups is 4. The van der Waals surface area contributed by atoms with Crippen LogP contribution < -0.4 is 5.73 Å². The molecule has 0 spiro atoms. The van der Waals surface area contributed by atoms with Gasteiger partial charge in [-0.3, -0.25) is 24.0 Å². The van der Waals surface area contributed by atoms with Crippen molar-refractivity contribution in [3.05, 3.63) is 51.2 Å². The predicted molar refractivity (Wildman–Crippen MR) is 111 cm³/mol. The number of ketones is 4. The van der Waals surface area contributed by atoms with Gasteiger partial charge in [-0.05, 0) is 18.1 Å². The van der Waals surface area contributed by atoms with Gasteiger partial charge in [-0.2, -0.15) is 0 Å². The molecular formula is C22H22N2O10. The molecule has 0 aromatic heterocycles. The quantitative estimate of drug-likeness (QED) is 0.131. The van der Waals surface area contributed by atoms with E-state index in [4.69, 9.17) is 5.73 Å². The van der Waals surface area contributed by atoms with Crippen LogP contribution in [0.1, 0.15) is 6.92 Å². The van der Waals surface area contributed by atoms with E-state index >= 15 is 0 Å². The number of Topliss-reactive ketones (excluding diaryl/α,β-unsaturated/α-hetero) is 2. The summed E-state index contributed by atoms with van der Waals surface area (Å²) in [5, 5.41) is 57.4. The van der Waals surface area contributed by atoms with Gasteiger partial charge in [0.15, 0.2) is 23.2 Å². The van der Waals surface area contributed by atoms with Crippen LogP contribution in [0.15, 0.2) is 46.0 Å². The number of hydrogen-bond donors (Lipinski definition) is 5. The number of amides is 1. The number of hydroxylamine groups is 3. The summed E-state index contributed by atoms with van der Waals surface area (Å²) < 4.78 is -1.51. The maximum Gasteiger partial charge on any atom is 0.256 e. The Kier molecular flexibility index (Phi) is 4.90. The number of aliphatic hydroxyl groups excluding tert-OH is 3. The fourth-order valence-corrected chi connectivity index (χ4v) is 5.76. The standard InChI is InChI=1S/C22H22N2O10/c1-6-9-7(25)4-5-8(26)11(9)16(27)12-10(6)17(28)14-15(24(2,3)34)18(29)13(21(23)32)20(31)22(14,33)19(12)30/h4-6,10,14-15,17,27-28,31,33H,1-3H3,(H2,23,32)/t6-,10+,14?,15-,17-,22-/m0/s1. The minimum Gasteiger partial charge on any atom is -0.633 e. The van der Waals surface area contributed by atoms with E-state index in [1.165, 1.54) is 6.92 Å². The second-order valence-electron chi connectivity index (χ2n) is 9.37. The first kappa shape index (κ1) is 23.7. The summed E-state index contributed by atoms with van der Waals surface area (Å²) in [6, 6.07) is -1.96. The monoisotopic (exact) mass is 474 g/mol. The Morgan fingerprint density at radius 2 is 1.65 bits per heavy atom. The third-order valence-electron chi connectivity index (χ3n) is 7.16. The van der Waals surface area contributed by atoms with Gasteiger partial charge < -0.3 is 36.0 Å². The first-order chi connectivity index (χ1) is 15.6. The topological polar surface area (TPSA) is 215 Å². The van der Waals surface area contributed by atoms with Gasteiger partial charge in [0.25, 0.3) is 5.91 Å². The van der Waals surface area contributed by atoms with Crippen molar-refractivity contribution in [2.24, 2.45) is 23.5 Å². The molecule has 4 rings (SSSR count). The Balaban J connectivity index is 2.07. The van der Waals surface area contributed by atoms with Crippen LogP contribution in [0.3, 0.4) is 0 Å². The molecule has 0 bridgehead atoms. The molecule has 180 valence electrons. The number of fused-ring (bicyclic) bond motifs is 2. The molecule has 12 heteroatoms. The lowest BCUT2D eigenvalue weighted by Crippen LogP contribution is -2.73. The van der Waals surface area contributed by atoms with Crippen molar-refractivity contribution in [1.82, 2.24) is 0 Å². The van der Waals surface area contributed by atoms with E-state index in [0.29, 0.717) is 0 Å². The van der Waals surface area contributed by atoms with E-state index in [0.717, 1.165) is 26.2 Å². The summed E-state index contributed by atoms with van der Waals surface area (Å²) in [5.41, 5.74) is -0.531. The van der Waals surface area contributed by atoms with E-state index in [1.807, 2.05) is 0 Å². The number of hydrogen-bond acceptors (Lipinski definition) is 10. The van der Waals surface area contributed by atoms with Crippen LogP contribution in [0.2, 0.25) is 0 Å². The lowest BCUT2D eigenvalue weighted by Gasteiger charge is -2.56. The summed E-state index contributed by atoms with van der Waals surface area (Å²) in [5.74, 6) is -12.6. The molecule has 34 heavy (non-hydrogen) atoms. The Morgan fingerprint density at radius 1 is 1.09 bits per heavy atom. The molecule has 6 atom stereocenters. The zero-order chi connectivity index (χ0) is 25.7. The molecular weight excluding hydrogens is 452 g/mol. The molecule has 0 aliphatic heterocycles. The number of carbonyl (C=O) groups is 5. The van der Waals surface area contributed by atoms with E-state index < -0.39 is 97.4 Å². The van der Waals surface area contributed by atoms with Crippen LogP contribution in [0.25, 0.3) is 0 Å². The van der Waals surface area contributed by atoms with Crippen molar-refractivity contribution in [3.63, 3.8) is 0 Å². The van der Waals surface area contributed by atoms with Gasteiger partial charge in [0.2, 0.25) is 11.6 Å². The maximum atomic E-state index is 13.7. The largest absolute Gasteiger partial charge is 0.633 e. The van der Waals surface area contributed by atoms with Gasteiger partial charge in [-0.15, -0.1) is 0 Å². The van der Waals surface area contributed by atoms with Gasteiger partial charge in [0, 0.05) is 17.1 Å². The Morgan fingerprint density at radius 3 is 2.18 bits per heavy atom. The van der Waals surface area contributed by atoms with Crippen molar-refractivity contribution in [2.45, 2.75) is 24.7 Å². The number of carbonyl (C=O) groups excluding carboxylic acids is 5. The second kappa shape index (κ2) is 7.03. The highest BCUT2D eigenvalue weighted by molar-refractivity contribution is 6.26. The van der Waals surface area contributed by atoms with Gasteiger partial charge in [0.05, 0.1) is 31.7 Å². The zero-order valence-electron chi connectivity index (χ0n) is 18.3. The molecule has 1 fully saturated rings. The van der Waals surface area contributed by atoms with Crippen molar-refractivity contribution >= 4 is 29.0 Å². The average Bonchev–Trinajstić information content (AvgIpc) is 2.71. The Bertz CT molecular complexity index is 1230. The first-order valence-corrected chi connectivity index (χ1v) is 10.3. The van der Waals surface area contributed by atoms with Crippen LogP contribution >= 0.6 is 0 Å². The number of rotatable bonds is 2. The summed E-state index contributed by atoms with van der Waals surface area (Å²) >= 11 is 0. The Hall–Kier alpha value is -3.45.